The first kappa shape index (κ1) is 15.4. The molecule has 2 aliphatic rings. The maximum absolute atomic E-state index is 12.5. The van der Waals surface area contributed by atoms with Crippen LogP contribution in [0.4, 0.5) is 0 Å². The molecule has 2 aromatic rings. The molecule has 2 fully saturated rings. The standard InChI is InChI=1S/C18H22N2OS2/c21-17(16-4-2-12-23-16)20-10-7-18(14-20)5-8-19(9-6-18)13-15-3-1-11-22-15/h1-4,11-12H,5-10,13-14H2. The first-order valence-electron chi connectivity index (χ1n) is 8.32. The molecule has 0 bridgehead atoms. The minimum atomic E-state index is 0.234. The van der Waals surface area contributed by atoms with Gasteiger partial charge in [0.2, 0.25) is 0 Å². The summed E-state index contributed by atoms with van der Waals surface area (Å²) in [4.78, 5) is 19.5. The fourth-order valence-corrected chi connectivity index (χ4v) is 5.32. The number of carbonyl (C=O) groups excluding carboxylic acids is 1. The van der Waals surface area contributed by atoms with Crippen molar-refractivity contribution >= 4 is 28.6 Å². The molecule has 2 aliphatic heterocycles. The van der Waals surface area contributed by atoms with Crippen LogP contribution < -0.4 is 0 Å². The van der Waals surface area contributed by atoms with Gasteiger partial charge in [-0.1, -0.05) is 12.1 Å². The highest BCUT2D eigenvalue weighted by atomic mass is 32.1. The average Bonchev–Trinajstić information content (AvgIpc) is 3.31. The summed E-state index contributed by atoms with van der Waals surface area (Å²) in [5, 5.41) is 4.15. The quantitative estimate of drug-likeness (QED) is 0.840. The van der Waals surface area contributed by atoms with E-state index in [9.17, 15) is 4.79 Å². The lowest BCUT2D eigenvalue weighted by Crippen LogP contribution is -2.41. The van der Waals surface area contributed by atoms with Crippen molar-refractivity contribution in [1.29, 1.82) is 0 Å². The summed E-state index contributed by atoms with van der Waals surface area (Å²) >= 11 is 3.41. The zero-order chi connectivity index (χ0) is 15.7. The van der Waals surface area contributed by atoms with Gasteiger partial charge in [-0.2, -0.15) is 0 Å². The molecule has 2 aromatic heterocycles. The van der Waals surface area contributed by atoms with E-state index in [0.717, 1.165) is 24.5 Å². The van der Waals surface area contributed by atoms with Crippen LogP contribution in [0.5, 0.6) is 0 Å². The second-order valence-electron chi connectivity index (χ2n) is 6.81. The number of rotatable bonds is 3. The van der Waals surface area contributed by atoms with Gasteiger partial charge in [-0.3, -0.25) is 9.69 Å². The van der Waals surface area contributed by atoms with Crippen molar-refractivity contribution in [3.05, 3.63) is 44.8 Å². The minimum absolute atomic E-state index is 0.234. The molecule has 1 spiro atoms. The smallest absolute Gasteiger partial charge is 0.263 e. The summed E-state index contributed by atoms with van der Waals surface area (Å²) in [5.74, 6) is 0.234. The third-order valence-electron chi connectivity index (χ3n) is 5.33. The van der Waals surface area contributed by atoms with E-state index in [0.29, 0.717) is 5.41 Å². The number of carbonyl (C=O) groups is 1. The SMILES string of the molecule is O=C(c1cccs1)N1CCC2(CCN(Cc3cccs3)CC2)C1. The van der Waals surface area contributed by atoms with Gasteiger partial charge in [0.1, 0.15) is 0 Å². The van der Waals surface area contributed by atoms with Gasteiger partial charge in [-0.15, -0.1) is 22.7 Å². The van der Waals surface area contributed by atoms with E-state index in [4.69, 9.17) is 0 Å². The summed E-state index contributed by atoms with van der Waals surface area (Å²) in [5.41, 5.74) is 0.374. The number of thiophene rings is 2. The molecule has 0 aromatic carbocycles. The van der Waals surface area contributed by atoms with Crippen molar-refractivity contribution in [2.75, 3.05) is 26.2 Å². The van der Waals surface area contributed by atoms with Crippen LogP contribution in [-0.4, -0.2) is 41.9 Å². The van der Waals surface area contributed by atoms with Crippen LogP contribution in [0.2, 0.25) is 0 Å². The Hall–Kier alpha value is -1.17. The molecule has 122 valence electrons. The first-order chi connectivity index (χ1) is 11.2. The highest BCUT2D eigenvalue weighted by Gasteiger charge is 2.42. The predicted octanol–water partition coefficient (Wildman–Crippen LogP) is 3.94. The largest absolute Gasteiger partial charge is 0.337 e. The molecule has 4 rings (SSSR count). The number of likely N-dealkylation sites (tertiary alicyclic amines) is 2. The normalized spacial score (nSPS) is 21.1. The number of nitrogens with zero attached hydrogens (tertiary/aromatic N) is 2. The highest BCUT2D eigenvalue weighted by molar-refractivity contribution is 7.12. The van der Waals surface area contributed by atoms with Crippen molar-refractivity contribution < 1.29 is 4.79 Å². The molecule has 23 heavy (non-hydrogen) atoms. The Bertz CT molecular complexity index is 643. The number of hydrogen-bond donors (Lipinski definition) is 0. The summed E-state index contributed by atoms with van der Waals surface area (Å²) in [6.07, 6.45) is 3.64. The lowest BCUT2D eigenvalue weighted by atomic mass is 9.78. The molecule has 1 amide bonds. The van der Waals surface area contributed by atoms with E-state index in [1.54, 1.807) is 11.3 Å². The maximum atomic E-state index is 12.5. The number of amides is 1. The summed E-state index contributed by atoms with van der Waals surface area (Å²) < 4.78 is 0. The van der Waals surface area contributed by atoms with E-state index >= 15 is 0 Å². The zero-order valence-electron chi connectivity index (χ0n) is 13.2. The Labute approximate surface area is 145 Å². The summed E-state index contributed by atoms with van der Waals surface area (Å²) in [6, 6.07) is 8.27. The zero-order valence-corrected chi connectivity index (χ0v) is 14.9. The number of hydrogen-bond acceptors (Lipinski definition) is 4. The van der Waals surface area contributed by atoms with Gasteiger partial charge in [-0.25, -0.2) is 0 Å². The Morgan fingerprint density at radius 2 is 1.78 bits per heavy atom. The van der Waals surface area contributed by atoms with Crippen molar-refractivity contribution in [2.24, 2.45) is 5.41 Å². The van der Waals surface area contributed by atoms with Gasteiger partial charge < -0.3 is 4.90 Å². The molecule has 3 nitrogen and oxygen atoms in total. The van der Waals surface area contributed by atoms with Crippen LogP contribution in [-0.2, 0) is 6.54 Å². The summed E-state index contributed by atoms with van der Waals surface area (Å²) in [7, 11) is 0. The molecule has 2 saturated heterocycles. The molecule has 0 unspecified atom stereocenters. The highest BCUT2D eigenvalue weighted by Crippen LogP contribution is 2.41. The lowest BCUT2D eigenvalue weighted by Gasteiger charge is -2.39. The van der Waals surface area contributed by atoms with E-state index in [1.807, 2.05) is 28.8 Å². The van der Waals surface area contributed by atoms with Crippen molar-refractivity contribution in [2.45, 2.75) is 25.8 Å². The van der Waals surface area contributed by atoms with Crippen molar-refractivity contribution in [3.8, 4) is 0 Å². The van der Waals surface area contributed by atoms with Gasteiger partial charge in [0, 0.05) is 24.5 Å². The van der Waals surface area contributed by atoms with Crippen molar-refractivity contribution in [3.63, 3.8) is 0 Å². The van der Waals surface area contributed by atoms with Gasteiger partial charge in [0.15, 0.2) is 0 Å². The molecule has 4 heterocycles. The molecule has 0 saturated carbocycles. The Morgan fingerprint density at radius 3 is 2.48 bits per heavy atom. The third-order valence-corrected chi connectivity index (χ3v) is 7.05. The Kier molecular flexibility index (Phi) is 4.26. The van der Waals surface area contributed by atoms with E-state index in [-0.39, 0.29) is 5.91 Å². The Balaban J connectivity index is 1.34. The van der Waals surface area contributed by atoms with E-state index < -0.39 is 0 Å². The third kappa shape index (κ3) is 3.23. The van der Waals surface area contributed by atoms with Crippen LogP contribution in [0.15, 0.2) is 35.0 Å². The lowest BCUT2D eigenvalue weighted by molar-refractivity contribution is 0.0719. The van der Waals surface area contributed by atoms with Crippen LogP contribution >= 0.6 is 22.7 Å². The molecule has 0 atom stereocenters. The second-order valence-corrected chi connectivity index (χ2v) is 8.79. The molecule has 5 heteroatoms. The Morgan fingerprint density at radius 1 is 1.04 bits per heavy atom. The molecule has 0 radical (unpaired) electrons. The first-order valence-corrected chi connectivity index (χ1v) is 10.1. The van der Waals surface area contributed by atoms with Crippen LogP contribution in [0.25, 0.3) is 0 Å². The van der Waals surface area contributed by atoms with E-state index in [2.05, 4.69) is 27.3 Å². The monoisotopic (exact) mass is 346 g/mol. The van der Waals surface area contributed by atoms with Crippen molar-refractivity contribution in [1.82, 2.24) is 9.80 Å². The fraction of sp³-hybridized carbons (Fsp3) is 0.500. The second kappa shape index (κ2) is 6.38. The topological polar surface area (TPSA) is 23.6 Å². The molecule has 0 N–H and O–H groups in total. The van der Waals surface area contributed by atoms with E-state index in [1.165, 1.54) is 37.2 Å². The van der Waals surface area contributed by atoms with Crippen LogP contribution in [0, 0.1) is 5.41 Å². The number of piperidine rings is 1. The van der Waals surface area contributed by atoms with Crippen LogP contribution in [0.3, 0.4) is 0 Å². The minimum Gasteiger partial charge on any atom is -0.337 e. The predicted molar refractivity (Wildman–Crippen MR) is 96.1 cm³/mol. The van der Waals surface area contributed by atoms with Gasteiger partial charge in [-0.05, 0) is 60.7 Å². The van der Waals surface area contributed by atoms with Gasteiger partial charge >= 0.3 is 0 Å². The summed E-state index contributed by atoms with van der Waals surface area (Å²) in [6.45, 7) is 5.31. The maximum Gasteiger partial charge on any atom is 0.263 e. The van der Waals surface area contributed by atoms with Gasteiger partial charge in [0.25, 0.3) is 5.91 Å². The fourth-order valence-electron chi connectivity index (χ4n) is 3.88. The molecule has 0 aliphatic carbocycles. The molecular weight excluding hydrogens is 324 g/mol. The average molecular weight is 347 g/mol. The van der Waals surface area contributed by atoms with Gasteiger partial charge in [0.05, 0.1) is 4.88 Å². The van der Waals surface area contributed by atoms with Crippen LogP contribution in [0.1, 0.15) is 33.8 Å². The molecular formula is C18H22N2OS2.